The van der Waals surface area contributed by atoms with Crippen LogP contribution in [0.5, 0.6) is 0 Å². The van der Waals surface area contributed by atoms with E-state index in [1.54, 1.807) is 24.3 Å². The van der Waals surface area contributed by atoms with Gasteiger partial charge in [-0.05, 0) is 41.3 Å². The summed E-state index contributed by atoms with van der Waals surface area (Å²) in [5.41, 5.74) is 0.928. The lowest BCUT2D eigenvalue weighted by Crippen LogP contribution is -2.16. The summed E-state index contributed by atoms with van der Waals surface area (Å²) in [6.45, 7) is 6.00. The summed E-state index contributed by atoms with van der Waals surface area (Å²) in [5.74, 6) is -0.236. The summed E-state index contributed by atoms with van der Waals surface area (Å²) < 4.78 is 41.5. The molecule has 152 valence electrons. The molecule has 0 atom stereocenters. The van der Waals surface area contributed by atoms with Crippen LogP contribution in [0.25, 0.3) is 0 Å². The van der Waals surface area contributed by atoms with E-state index in [2.05, 4.69) is 36.5 Å². The Labute approximate surface area is 175 Å². The van der Waals surface area contributed by atoms with Crippen molar-refractivity contribution < 1.29 is 13.2 Å². The van der Waals surface area contributed by atoms with Gasteiger partial charge in [0, 0.05) is 22.0 Å². The smallest absolute Gasteiger partial charge is 0.339 e. The molecule has 29 heavy (non-hydrogen) atoms. The van der Waals surface area contributed by atoms with E-state index in [4.69, 9.17) is 0 Å². The Hall–Kier alpha value is -2.61. The van der Waals surface area contributed by atoms with Crippen molar-refractivity contribution in [1.82, 2.24) is 9.97 Å². The third-order valence-corrected chi connectivity index (χ3v) is 4.71. The van der Waals surface area contributed by atoms with Gasteiger partial charge in [0.05, 0.1) is 0 Å². The van der Waals surface area contributed by atoms with Crippen molar-refractivity contribution in [3.05, 3.63) is 70.3 Å². The molecule has 3 rings (SSSR count). The maximum absolute atomic E-state index is 13.5. The van der Waals surface area contributed by atoms with E-state index < -0.39 is 11.7 Å². The molecule has 0 amide bonds. The second kappa shape index (κ2) is 8.02. The van der Waals surface area contributed by atoms with Crippen LogP contribution in [0.3, 0.4) is 0 Å². The first-order valence-electron chi connectivity index (χ1n) is 8.87. The fourth-order valence-corrected chi connectivity index (χ4v) is 3.05. The van der Waals surface area contributed by atoms with Gasteiger partial charge in [-0.1, -0.05) is 54.9 Å². The number of para-hydroxylation sites is 1. The molecule has 8 heteroatoms. The summed E-state index contributed by atoms with van der Waals surface area (Å²) in [7, 11) is 0. The van der Waals surface area contributed by atoms with Crippen molar-refractivity contribution in [1.29, 1.82) is 0 Å². The van der Waals surface area contributed by atoms with Gasteiger partial charge in [0.2, 0.25) is 5.95 Å². The number of rotatable bonds is 4. The molecule has 2 N–H and O–H groups in total. The van der Waals surface area contributed by atoms with Gasteiger partial charge in [-0.3, -0.25) is 0 Å². The largest absolute Gasteiger partial charge is 0.421 e. The number of alkyl halides is 3. The molecule has 4 nitrogen and oxygen atoms in total. The van der Waals surface area contributed by atoms with Gasteiger partial charge < -0.3 is 10.6 Å². The van der Waals surface area contributed by atoms with Gasteiger partial charge in [-0.2, -0.15) is 18.2 Å². The molecule has 1 heterocycles. The number of benzene rings is 2. The SMILES string of the molecule is CC(C)(C)c1ccccc1Nc1nc(Nc2ccc(Br)cc2)ncc1C(F)(F)F. The second-order valence-corrected chi connectivity index (χ2v) is 8.42. The zero-order valence-electron chi connectivity index (χ0n) is 16.1. The number of nitrogens with one attached hydrogen (secondary N) is 2. The van der Waals surface area contributed by atoms with E-state index in [9.17, 15) is 13.2 Å². The van der Waals surface area contributed by atoms with Crippen LogP contribution in [0.2, 0.25) is 0 Å². The van der Waals surface area contributed by atoms with Crippen molar-refractivity contribution in [2.24, 2.45) is 0 Å². The standard InChI is InChI=1S/C21H20BrF3N4/c1-20(2,3)15-6-4-5-7-17(15)28-18-16(21(23,24)25)12-26-19(29-18)27-14-10-8-13(22)9-11-14/h4-12H,1-3H3,(H2,26,27,28,29). The minimum absolute atomic E-state index is 0.0658. The molecular weight excluding hydrogens is 445 g/mol. The Balaban J connectivity index is 2.01. The molecule has 2 aromatic carbocycles. The average Bonchev–Trinajstić information content (AvgIpc) is 2.62. The van der Waals surface area contributed by atoms with E-state index in [1.165, 1.54) is 0 Å². The van der Waals surface area contributed by atoms with Crippen LogP contribution in [-0.4, -0.2) is 9.97 Å². The highest BCUT2D eigenvalue weighted by Gasteiger charge is 2.35. The van der Waals surface area contributed by atoms with Crippen LogP contribution in [0.1, 0.15) is 31.9 Å². The predicted octanol–water partition coefficient (Wildman–Crippen LogP) is 7.04. The number of nitrogens with zero attached hydrogens (tertiary/aromatic N) is 2. The maximum Gasteiger partial charge on any atom is 0.421 e. The molecule has 0 saturated carbocycles. The molecule has 0 radical (unpaired) electrons. The quantitative estimate of drug-likeness (QED) is 0.434. The van der Waals surface area contributed by atoms with Gasteiger partial charge in [-0.15, -0.1) is 0 Å². The van der Waals surface area contributed by atoms with Crippen molar-refractivity contribution in [2.75, 3.05) is 10.6 Å². The highest BCUT2D eigenvalue weighted by atomic mass is 79.9. The summed E-state index contributed by atoms with van der Waals surface area (Å²) in [4.78, 5) is 7.95. The number of aromatic nitrogens is 2. The Morgan fingerprint density at radius 2 is 1.52 bits per heavy atom. The number of halogens is 4. The van der Waals surface area contributed by atoms with Crippen LogP contribution in [0.4, 0.5) is 36.3 Å². The van der Waals surface area contributed by atoms with E-state index in [0.717, 1.165) is 16.2 Å². The molecule has 0 aliphatic carbocycles. The van der Waals surface area contributed by atoms with Gasteiger partial charge in [0.1, 0.15) is 11.4 Å². The van der Waals surface area contributed by atoms with Gasteiger partial charge in [-0.25, -0.2) is 4.98 Å². The van der Waals surface area contributed by atoms with E-state index in [-0.39, 0.29) is 17.2 Å². The Kier molecular flexibility index (Phi) is 5.84. The molecule has 0 aliphatic heterocycles. The van der Waals surface area contributed by atoms with Crippen LogP contribution in [0.15, 0.2) is 59.2 Å². The van der Waals surface area contributed by atoms with Crippen molar-refractivity contribution in [2.45, 2.75) is 32.4 Å². The van der Waals surface area contributed by atoms with Gasteiger partial charge in [0.15, 0.2) is 0 Å². The fraction of sp³-hybridized carbons (Fsp3) is 0.238. The zero-order chi connectivity index (χ0) is 21.2. The average molecular weight is 465 g/mol. The number of anilines is 4. The molecule has 0 bridgehead atoms. The minimum atomic E-state index is -4.59. The Bertz CT molecular complexity index is 996. The first-order valence-corrected chi connectivity index (χ1v) is 9.67. The van der Waals surface area contributed by atoms with Crippen LogP contribution in [0, 0.1) is 0 Å². The van der Waals surface area contributed by atoms with Crippen LogP contribution >= 0.6 is 15.9 Å². The van der Waals surface area contributed by atoms with E-state index >= 15 is 0 Å². The third-order valence-electron chi connectivity index (χ3n) is 4.18. The summed E-state index contributed by atoms with van der Waals surface area (Å²) in [6, 6.07) is 14.4. The molecule has 1 aromatic heterocycles. The Morgan fingerprint density at radius 1 is 0.862 bits per heavy atom. The molecule has 0 unspecified atom stereocenters. The molecule has 0 saturated heterocycles. The highest BCUT2D eigenvalue weighted by molar-refractivity contribution is 9.10. The minimum Gasteiger partial charge on any atom is -0.339 e. The first kappa shape index (κ1) is 21.1. The van der Waals surface area contributed by atoms with Gasteiger partial charge in [0.25, 0.3) is 0 Å². The van der Waals surface area contributed by atoms with Crippen molar-refractivity contribution >= 4 is 39.1 Å². The molecule has 0 fully saturated rings. The van der Waals surface area contributed by atoms with Crippen molar-refractivity contribution in [3.8, 4) is 0 Å². The number of hydrogen-bond acceptors (Lipinski definition) is 4. The number of hydrogen-bond donors (Lipinski definition) is 2. The lowest BCUT2D eigenvalue weighted by atomic mass is 9.86. The molecule has 3 aromatic rings. The fourth-order valence-electron chi connectivity index (χ4n) is 2.78. The normalized spacial score (nSPS) is 12.0. The summed E-state index contributed by atoms with van der Waals surface area (Å²) in [5, 5.41) is 5.80. The first-order chi connectivity index (χ1) is 13.5. The molecule has 0 aliphatic rings. The third kappa shape index (κ3) is 5.26. The van der Waals surface area contributed by atoms with E-state index in [0.29, 0.717) is 11.4 Å². The van der Waals surface area contributed by atoms with Crippen LogP contribution < -0.4 is 10.6 Å². The molecule has 0 spiro atoms. The lowest BCUT2D eigenvalue weighted by Gasteiger charge is -2.24. The monoisotopic (exact) mass is 464 g/mol. The highest BCUT2D eigenvalue weighted by Crippen LogP contribution is 2.37. The second-order valence-electron chi connectivity index (χ2n) is 7.51. The van der Waals surface area contributed by atoms with E-state index in [1.807, 2.05) is 45.0 Å². The maximum atomic E-state index is 13.5. The predicted molar refractivity (Wildman–Crippen MR) is 113 cm³/mol. The Morgan fingerprint density at radius 3 is 2.14 bits per heavy atom. The molecular formula is C21H20BrF3N4. The lowest BCUT2D eigenvalue weighted by molar-refractivity contribution is -0.137. The summed E-state index contributed by atoms with van der Waals surface area (Å²) in [6.07, 6.45) is -3.80. The summed E-state index contributed by atoms with van der Waals surface area (Å²) >= 11 is 3.34. The van der Waals surface area contributed by atoms with Crippen LogP contribution in [-0.2, 0) is 11.6 Å². The van der Waals surface area contributed by atoms with Crippen molar-refractivity contribution in [3.63, 3.8) is 0 Å². The zero-order valence-corrected chi connectivity index (χ0v) is 17.7. The van der Waals surface area contributed by atoms with Gasteiger partial charge >= 0.3 is 6.18 Å². The topological polar surface area (TPSA) is 49.8 Å².